The van der Waals surface area contributed by atoms with Gasteiger partial charge in [0.2, 0.25) is 5.91 Å². The van der Waals surface area contributed by atoms with Gasteiger partial charge in [-0.2, -0.15) is 0 Å². The molecule has 0 aromatic carbocycles. The lowest BCUT2D eigenvalue weighted by atomic mass is 10.1. The SMILES string of the molecule is CNC(=O)C(C)CN(C)CCCCCC(=O)O. The van der Waals surface area contributed by atoms with Gasteiger partial charge in [-0.1, -0.05) is 13.3 Å². The van der Waals surface area contributed by atoms with E-state index in [1.54, 1.807) is 7.05 Å². The van der Waals surface area contributed by atoms with Crippen molar-refractivity contribution in [2.75, 3.05) is 27.2 Å². The molecule has 0 saturated heterocycles. The van der Waals surface area contributed by atoms with Crippen molar-refractivity contribution in [1.82, 2.24) is 10.2 Å². The van der Waals surface area contributed by atoms with E-state index < -0.39 is 5.97 Å². The molecule has 0 fully saturated rings. The minimum atomic E-state index is -0.730. The number of nitrogens with one attached hydrogen (secondary N) is 1. The number of nitrogens with zero attached hydrogens (tertiary/aromatic N) is 1. The third kappa shape index (κ3) is 8.68. The van der Waals surface area contributed by atoms with Crippen LogP contribution in [-0.4, -0.2) is 49.1 Å². The zero-order valence-electron chi connectivity index (χ0n) is 11.0. The van der Waals surface area contributed by atoms with Gasteiger partial charge in [0.05, 0.1) is 0 Å². The van der Waals surface area contributed by atoms with Crippen molar-refractivity contribution in [3.05, 3.63) is 0 Å². The van der Waals surface area contributed by atoms with Gasteiger partial charge < -0.3 is 15.3 Å². The maximum absolute atomic E-state index is 11.3. The lowest BCUT2D eigenvalue weighted by Gasteiger charge is -2.20. The number of hydrogen-bond donors (Lipinski definition) is 2. The zero-order chi connectivity index (χ0) is 13.3. The summed E-state index contributed by atoms with van der Waals surface area (Å²) in [6.45, 7) is 3.54. The van der Waals surface area contributed by atoms with Gasteiger partial charge in [0, 0.05) is 25.9 Å². The van der Waals surface area contributed by atoms with Gasteiger partial charge in [0.1, 0.15) is 0 Å². The van der Waals surface area contributed by atoms with Gasteiger partial charge in [0.15, 0.2) is 0 Å². The molecule has 100 valence electrons. The molecule has 1 unspecified atom stereocenters. The fourth-order valence-electron chi connectivity index (χ4n) is 1.72. The predicted molar refractivity (Wildman–Crippen MR) is 66.8 cm³/mol. The van der Waals surface area contributed by atoms with Crippen molar-refractivity contribution in [3.8, 4) is 0 Å². The minimum Gasteiger partial charge on any atom is -0.481 e. The van der Waals surface area contributed by atoms with Crippen LogP contribution in [0.3, 0.4) is 0 Å². The number of carboxylic acid groups (broad SMARTS) is 1. The molecule has 0 aliphatic rings. The fraction of sp³-hybridized carbons (Fsp3) is 0.833. The van der Waals surface area contributed by atoms with Crippen LogP contribution in [0.4, 0.5) is 0 Å². The molecule has 0 aromatic rings. The Labute approximate surface area is 103 Å². The summed E-state index contributed by atoms with van der Waals surface area (Å²) in [7, 11) is 3.63. The summed E-state index contributed by atoms with van der Waals surface area (Å²) < 4.78 is 0. The van der Waals surface area contributed by atoms with Gasteiger partial charge in [-0.05, 0) is 26.4 Å². The average molecular weight is 244 g/mol. The number of rotatable bonds is 9. The molecule has 2 N–H and O–H groups in total. The van der Waals surface area contributed by atoms with Crippen molar-refractivity contribution in [2.24, 2.45) is 5.92 Å². The highest BCUT2D eigenvalue weighted by molar-refractivity contribution is 5.78. The second-order valence-electron chi connectivity index (χ2n) is 4.48. The molecular weight excluding hydrogens is 220 g/mol. The topological polar surface area (TPSA) is 69.6 Å². The van der Waals surface area contributed by atoms with E-state index in [1.807, 2.05) is 14.0 Å². The Hall–Kier alpha value is -1.10. The maximum Gasteiger partial charge on any atom is 0.303 e. The monoisotopic (exact) mass is 244 g/mol. The Balaban J connectivity index is 3.55. The number of amides is 1. The summed E-state index contributed by atoms with van der Waals surface area (Å²) in [5.74, 6) is -0.682. The fourth-order valence-corrected chi connectivity index (χ4v) is 1.72. The van der Waals surface area contributed by atoms with Crippen molar-refractivity contribution in [2.45, 2.75) is 32.6 Å². The Morgan fingerprint density at radius 3 is 2.47 bits per heavy atom. The average Bonchev–Trinajstić information content (AvgIpc) is 2.26. The van der Waals surface area contributed by atoms with Crippen molar-refractivity contribution >= 4 is 11.9 Å². The van der Waals surface area contributed by atoms with Crippen LogP contribution < -0.4 is 5.32 Å². The van der Waals surface area contributed by atoms with Crippen LogP contribution in [0.25, 0.3) is 0 Å². The normalized spacial score (nSPS) is 12.5. The number of hydrogen-bond acceptors (Lipinski definition) is 3. The highest BCUT2D eigenvalue weighted by Gasteiger charge is 2.12. The molecule has 0 radical (unpaired) electrons. The number of unbranched alkanes of at least 4 members (excludes halogenated alkanes) is 2. The molecular formula is C12H24N2O3. The third-order valence-electron chi connectivity index (χ3n) is 2.71. The van der Waals surface area contributed by atoms with Crippen LogP contribution in [0.5, 0.6) is 0 Å². The smallest absolute Gasteiger partial charge is 0.303 e. The molecule has 0 spiro atoms. The van der Waals surface area contributed by atoms with Gasteiger partial charge >= 0.3 is 5.97 Å². The van der Waals surface area contributed by atoms with E-state index in [4.69, 9.17) is 5.11 Å². The Morgan fingerprint density at radius 1 is 1.29 bits per heavy atom. The molecule has 0 rings (SSSR count). The van der Waals surface area contributed by atoms with E-state index in [0.29, 0.717) is 0 Å². The summed E-state index contributed by atoms with van der Waals surface area (Å²) >= 11 is 0. The number of carbonyl (C=O) groups excluding carboxylic acids is 1. The molecule has 0 aliphatic carbocycles. The van der Waals surface area contributed by atoms with Gasteiger partial charge in [-0.25, -0.2) is 0 Å². The molecule has 0 heterocycles. The molecule has 5 nitrogen and oxygen atoms in total. The van der Waals surface area contributed by atoms with E-state index in [9.17, 15) is 9.59 Å². The summed E-state index contributed by atoms with van der Waals surface area (Å²) in [6, 6.07) is 0. The number of carbonyl (C=O) groups is 2. The predicted octanol–water partition coefficient (Wildman–Crippen LogP) is 0.945. The van der Waals surface area contributed by atoms with Crippen molar-refractivity contribution < 1.29 is 14.7 Å². The molecule has 0 saturated carbocycles. The minimum absolute atomic E-state index is 0.0102. The lowest BCUT2D eigenvalue weighted by Crippen LogP contribution is -2.34. The highest BCUT2D eigenvalue weighted by atomic mass is 16.4. The highest BCUT2D eigenvalue weighted by Crippen LogP contribution is 2.03. The Bertz CT molecular complexity index is 244. The molecule has 0 bridgehead atoms. The van der Waals surface area contributed by atoms with Crippen LogP contribution in [0.15, 0.2) is 0 Å². The van der Waals surface area contributed by atoms with E-state index in [0.717, 1.165) is 32.4 Å². The van der Waals surface area contributed by atoms with Gasteiger partial charge in [0.25, 0.3) is 0 Å². The Kier molecular flexibility index (Phi) is 8.40. The number of carboxylic acids is 1. The quantitative estimate of drug-likeness (QED) is 0.592. The Morgan fingerprint density at radius 2 is 1.94 bits per heavy atom. The number of aliphatic carboxylic acids is 1. The first-order valence-corrected chi connectivity index (χ1v) is 6.09. The standard InChI is InChI=1S/C12H24N2O3/c1-10(12(17)13-2)9-14(3)8-6-4-5-7-11(15)16/h10H,4-9H2,1-3H3,(H,13,17)(H,15,16). The van der Waals surface area contributed by atoms with Gasteiger partial charge in [-0.3, -0.25) is 9.59 Å². The molecule has 5 heteroatoms. The van der Waals surface area contributed by atoms with E-state index in [-0.39, 0.29) is 18.2 Å². The summed E-state index contributed by atoms with van der Waals surface area (Å²) in [4.78, 5) is 23.7. The lowest BCUT2D eigenvalue weighted by molar-refractivity contribution is -0.137. The van der Waals surface area contributed by atoms with E-state index >= 15 is 0 Å². The van der Waals surface area contributed by atoms with Crippen LogP contribution in [0, 0.1) is 5.92 Å². The largest absolute Gasteiger partial charge is 0.481 e. The van der Waals surface area contributed by atoms with E-state index in [2.05, 4.69) is 10.2 Å². The van der Waals surface area contributed by atoms with Crippen molar-refractivity contribution in [1.29, 1.82) is 0 Å². The van der Waals surface area contributed by atoms with Crippen LogP contribution >= 0.6 is 0 Å². The summed E-state index contributed by atoms with van der Waals surface area (Å²) in [5.41, 5.74) is 0. The third-order valence-corrected chi connectivity index (χ3v) is 2.71. The first-order chi connectivity index (χ1) is 7.97. The summed E-state index contributed by atoms with van der Waals surface area (Å²) in [6.07, 6.45) is 2.88. The van der Waals surface area contributed by atoms with E-state index in [1.165, 1.54) is 0 Å². The molecule has 0 aromatic heterocycles. The zero-order valence-corrected chi connectivity index (χ0v) is 11.0. The second-order valence-corrected chi connectivity index (χ2v) is 4.48. The molecule has 1 atom stereocenters. The molecule has 17 heavy (non-hydrogen) atoms. The maximum atomic E-state index is 11.3. The molecule has 0 aliphatic heterocycles. The van der Waals surface area contributed by atoms with Crippen LogP contribution in [-0.2, 0) is 9.59 Å². The summed E-state index contributed by atoms with van der Waals surface area (Å²) in [5, 5.41) is 11.1. The van der Waals surface area contributed by atoms with Crippen LogP contribution in [0.2, 0.25) is 0 Å². The second kappa shape index (κ2) is 8.98. The van der Waals surface area contributed by atoms with Crippen LogP contribution in [0.1, 0.15) is 32.6 Å². The molecule has 1 amide bonds. The van der Waals surface area contributed by atoms with Gasteiger partial charge in [-0.15, -0.1) is 0 Å². The van der Waals surface area contributed by atoms with Crippen molar-refractivity contribution in [3.63, 3.8) is 0 Å². The first kappa shape index (κ1) is 15.9. The first-order valence-electron chi connectivity index (χ1n) is 6.09.